The van der Waals surface area contributed by atoms with Crippen LogP contribution >= 0.6 is 0 Å². The minimum atomic E-state index is -0.719. The van der Waals surface area contributed by atoms with Crippen LogP contribution in [0.3, 0.4) is 0 Å². The fourth-order valence-electron chi connectivity index (χ4n) is 3.11. The molecule has 0 bridgehead atoms. The number of pyridine rings is 1. The van der Waals surface area contributed by atoms with Crippen LogP contribution in [0.4, 0.5) is 4.79 Å². The molecule has 4 aromatic rings. The number of nitrogens with two attached hydrogens (primary N) is 1. The van der Waals surface area contributed by atoms with Crippen molar-refractivity contribution in [3.05, 3.63) is 71.8 Å². The number of carbonyl (C=O) groups excluding carboxylic acids is 1. The molecule has 3 N–H and O–H groups in total. The first-order valence-corrected chi connectivity index (χ1v) is 8.82. The number of fused-ring (bicyclic) bond motifs is 2. The molecule has 2 amide bonds. The Morgan fingerprint density at radius 1 is 1.21 bits per heavy atom. The van der Waals surface area contributed by atoms with Gasteiger partial charge in [0.15, 0.2) is 5.65 Å². The van der Waals surface area contributed by atoms with Gasteiger partial charge < -0.3 is 5.73 Å². The van der Waals surface area contributed by atoms with Gasteiger partial charge in [0.1, 0.15) is 5.69 Å². The molecule has 3 aromatic heterocycles. The lowest BCUT2D eigenvalue weighted by molar-refractivity contribution is 0.249. The number of benzene rings is 1. The highest BCUT2D eigenvalue weighted by Gasteiger charge is 2.16. The van der Waals surface area contributed by atoms with E-state index in [9.17, 15) is 4.79 Å². The zero-order valence-corrected chi connectivity index (χ0v) is 15.5. The summed E-state index contributed by atoms with van der Waals surface area (Å²) in [6.07, 6.45) is 3.62. The number of amides is 2. The number of rotatable bonds is 4. The number of primary amides is 1. The van der Waals surface area contributed by atoms with E-state index in [1.54, 1.807) is 23.7 Å². The molecule has 1 aromatic carbocycles. The van der Waals surface area contributed by atoms with Gasteiger partial charge in [-0.15, -0.1) is 0 Å². The molecule has 0 radical (unpaired) electrons. The Morgan fingerprint density at radius 3 is 2.89 bits per heavy atom. The molecule has 8 heteroatoms. The van der Waals surface area contributed by atoms with E-state index in [4.69, 9.17) is 5.73 Å². The highest BCUT2D eigenvalue weighted by Crippen LogP contribution is 2.27. The number of aromatic nitrogens is 4. The monoisotopic (exact) mass is 373 g/mol. The van der Waals surface area contributed by atoms with E-state index in [1.807, 2.05) is 24.4 Å². The largest absolute Gasteiger partial charge is 0.350 e. The first-order chi connectivity index (χ1) is 13.5. The van der Waals surface area contributed by atoms with Crippen molar-refractivity contribution in [2.75, 3.05) is 0 Å². The van der Waals surface area contributed by atoms with Gasteiger partial charge in [-0.05, 0) is 42.8 Å². The van der Waals surface area contributed by atoms with Crippen LogP contribution in [0.5, 0.6) is 0 Å². The third kappa shape index (κ3) is 3.27. The SMILES string of the molecule is C/C(=N\NC(N)=O)c1ccc2ncc([C@@H](C)c3ccc4ncccc4c3)n2n1. The van der Waals surface area contributed by atoms with E-state index in [0.29, 0.717) is 11.4 Å². The predicted molar refractivity (Wildman–Crippen MR) is 107 cm³/mol. The number of imidazole rings is 1. The van der Waals surface area contributed by atoms with Gasteiger partial charge in [-0.1, -0.05) is 19.1 Å². The summed E-state index contributed by atoms with van der Waals surface area (Å²) in [6.45, 7) is 3.87. The molecule has 1 atom stereocenters. The maximum Gasteiger partial charge on any atom is 0.332 e. The normalized spacial score (nSPS) is 13.0. The Hall–Kier alpha value is -3.81. The number of nitrogens with one attached hydrogen (secondary N) is 1. The zero-order valence-electron chi connectivity index (χ0n) is 15.5. The van der Waals surface area contributed by atoms with Gasteiger partial charge in [-0.3, -0.25) is 4.98 Å². The van der Waals surface area contributed by atoms with Crippen LogP contribution in [0.15, 0.2) is 60.0 Å². The Kier molecular flexibility index (Phi) is 4.44. The van der Waals surface area contributed by atoms with Crippen LogP contribution in [-0.2, 0) is 0 Å². The van der Waals surface area contributed by atoms with Gasteiger partial charge in [0.2, 0.25) is 0 Å². The topological polar surface area (TPSA) is 111 Å². The molecule has 0 aliphatic heterocycles. The maximum absolute atomic E-state index is 10.9. The third-order valence-electron chi connectivity index (χ3n) is 4.66. The number of nitrogens with zero attached hydrogens (tertiary/aromatic N) is 5. The van der Waals surface area contributed by atoms with Gasteiger partial charge in [0, 0.05) is 17.5 Å². The van der Waals surface area contributed by atoms with Crippen LogP contribution in [0.25, 0.3) is 16.6 Å². The summed E-state index contributed by atoms with van der Waals surface area (Å²) in [5, 5.41) is 9.67. The number of urea groups is 1. The third-order valence-corrected chi connectivity index (χ3v) is 4.66. The Balaban J connectivity index is 1.73. The zero-order chi connectivity index (χ0) is 19.7. The minimum absolute atomic E-state index is 0.0725. The van der Waals surface area contributed by atoms with E-state index >= 15 is 0 Å². The molecule has 28 heavy (non-hydrogen) atoms. The van der Waals surface area contributed by atoms with Gasteiger partial charge in [-0.2, -0.15) is 10.2 Å². The average Bonchev–Trinajstić information content (AvgIpc) is 3.14. The molecular formula is C20H19N7O. The van der Waals surface area contributed by atoms with Crippen LogP contribution < -0.4 is 11.2 Å². The highest BCUT2D eigenvalue weighted by molar-refractivity contribution is 5.97. The maximum atomic E-state index is 10.9. The smallest absolute Gasteiger partial charge is 0.332 e. The van der Waals surface area contributed by atoms with Crippen molar-refractivity contribution in [1.29, 1.82) is 0 Å². The van der Waals surface area contributed by atoms with Gasteiger partial charge >= 0.3 is 6.03 Å². The lowest BCUT2D eigenvalue weighted by atomic mass is 9.97. The van der Waals surface area contributed by atoms with Crippen molar-refractivity contribution in [1.82, 2.24) is 25.0 Å². The van der Waals surface area contributed by atoms with Crippen LogP contribution in [0.2, 0.25) is 0 Å². The van der Waals surface area contributed by atoms with Crippen molar-refractivity contribution >= 4 is 28.3 Å². The molecule has 140 valence electrons. The molecule has 0 spiro atoms. The second-order valence-electron chi connectivity index (χ2n) is 6.52. The van der Waals surface area contributed by atoms with Crippen molar-refractivity contribution in [3.8, 4) is 0 Å². The molecular weight excluding hydrogens is 354 g/mol. The summed E-state index contributed by atoms with van der Waals surface area (Å²) < 4.78 is 1.80. The molecule has 8 nitrogen and oxygen atoms in total. The van der Waals surface area contributed by atoms with Crippen molar-refractivity contribution < 1.29 is 4.79 Å². The van der Waals surface area contributed by atoms with Gasteiger partial charge in [-0.25, -0.2) is 19.7 Å². The molecule has 0 unspecified atom stereocenters. The lowest BCUT2D eigenvalue weighted by Crippen LogP contribution is -2.25. The van der Waals surface area contributed by atoms with E-state index in [1.165, 1.54) is 0 Å². The van der Waals surface area contributed by atoms with Gasteiger partial charge in [0.25, 0.3) is 0 Å². The molecule has 0 fully saturated rings. The van der Waals surface area contributed by atoms with E-state index in [2.05, 4.69) is 50.7 Å². The quantitative estimate of drug-likeness (QED) is 0.423. The summed E-state index contributed by atoms with van der Waals surface area (Å²) in [7, 11) is 0. The van der Waals surface area contributed by atoms with E-state index in [0.717, 1.165) is 27.8 Å². The van der Waals surface area contributed by atoms with E-state index < -0.39 is 6.03 Å². The summed E-state index contributed by atoms with van der Waals surface area (Å²) in [5.41, 5.74) is 12.3. The molecule has 3 heterocycles. The lowest BCUT2D eigenvalue weighted by Gasteiger charge is -2.12. The summed E-state index contributed by atoms with van der Waals surface area (Å²) in [6, 6.07) is 13.2. The minimum Gasteiger partial charge on any atom is -0.350 e. The Bertz CT molecular complexity index is 1210. The molecule has 0 aliphatic rings. The highest BCUT2D eigenvalue weighted by atomic mass is 16.2. The first-order valence-electron chi connectivity index (χ1n) is 8.82. The van der Waals surface area contributed by atoms with E-state index in [-0.39, 0.29) is 5.92 Å². The van der Waals surface area contributed by atoms with Crippen LogP contribution in [0.1, 0.15) is 36.7 Å². The Morgan fingerprint density at radius 2 is 2.07 bits per heavy atom. The molecule has 0 saturated carbocycles. The first kappa shape index (κ1) is 17.6. The molecule has 0 aliphatic carbocycles. The number of hydrogen-bond donors (Lipinski definition) is 2. The van der Waals surface area contributed by atoms with Gasteiger partial charge in [0.05, 0.1) is 23.1 Å². The van der Waals surface area contributed by atoms with Crippen molar-refractivity contribution in [3.63, 3.8) is 0 Å². The van der Waals surface area contributed by atoms with Crippen LogP contribution in [0, 0.1) is 0 Å². The number of carbonyl (C=O) groups is 1. The van der Waals surface area contributed by atoms with Crippen molar-refractivity contribution in [2.24, 2.45) is 10.8 Å². The summed E-state index contributed by atoms with van der Waals surface area (Å²) >= 11 is 0. The Labute approximate surface area is 161 Å². The van der Waals surface area contributed by atoms with Crippen LogP contribution in [-0.4, -0.2) is 31.3 Å². The standard InChI is InChI=1S/C20H19N7O/c1-12(14-5-6-17-15(10-14)4-3-9-22-17)18-11-23-19-8-7-16(26-27(18)19)13(2)24-25-20(21)28/h3-12H,1-2H3,(H3,21,25,28)/b24-13+/t12-/m0/s1. The summed E-state index contributed by atoms with van der Waals surface area (Å²) in [4.78, 5) is 19.7. The number of hydrogen-bond acceptors (Lipinski definition) is 5. The second-order valence-corrected chi connectivity index (χ2v) is 6.52. The van der Waals surface area contributed by atoms with Crippen molar-refractivity contribution in [2.45, 2.75) is 19.8 Å². The fraction of sp³-hybridized carbons (Fsp3) is 0.150. The molecule has 0 saturated heterocycles. The number of hydrazone groups is 1. The second kappa shape index (κ2) is 7.07. The fourth-order valence-corrected chi connectivity index (χ4v) is 3.11. The predicted octanol–water partition coefficient (Wildman–Crippen LogP) is 2.82. The summed E-state index contributed by atoms with van der Waals surface area (Å²) in [5.74, 6) is 0.0725. The molecule has 4 rings (SSSR count). The average molecular weight is 373 g/mol.